The molecule has 32 heavy (non-hydrogen) atoms. The van der Waals surface area contributed by atoms with Crippen LogP contribution in [-0.2, 0) is 9.59 Å². The number of para-hydroxylation sites is 1. The standard InChI is InChI=1S/C21H17Cl2N3O4S2/c1-30-16-5-3-2-4-12(16)10-17-20(29)26(21(31)32-17)9-8-18(27)24-25-19(28)14-7-6-13(22)11-15(14)23/h2-7,10-11H,8-9H2,1H3,(H,24,27)(H,25,28)/b17-10-. The third kappa shape index (κ3) is 5.80. The van der Waals surface area contributed by atoms with Crippen LogP contribution in [0.1, 0.15) is 22.3 Å². The van der Waals surface area contributed by atoms with Crippen molar-refractivity contribution in [3.63, 3.8) is 0 Å². The third-order valence-corrected chi connectivity index (χ3v) is 6.28. The SMILES string of the molecule is COc1ccccc1/C=C1\SC(=S)N(CCC(=O)NNC(=O)c2ccc(Cl)cc2Cl)C1=O. The zero-order chi connectivity index (χ0) is 23.3. The first-order valence-electron chi connectivity index (χ1n) is 9.22. The molecule has 2 aromatic rings. The Labute approximate surface area is 204 Å². The lowest BCUT2D eigenvalue weighted by molar-refractivity contribution is -0.124. The summed E-state index contributed by atoms with van der Waals surface area (Å²) in [5, 5.41) is 0.544. The fourth-order valence-electron chi connectivity index (χ4n) is 2.76. The molecule has 1 fully saturated rings. The molecule has 2 aromatic carbocycles. The normalized spacial score (nSPS) is 14.6. The number of thioether (sulfide) groups is 1. The maximum absolute atomic E-state index is 12.7. The van der Waals surface area contributed by atoms with Gasteiger partial charge < -0.3 is 4.74 Å². The fourth-order valence-corrected chi connectivity index (χ4v) is 4.56. The van der Waals surface area contributed by atoms with Crippen LogP contribution in [0.5, 0.6) is 5.75 Å². The van der Waals surface area contributed by atoms with Gasteiger partial charge in [-0.3, -0.25) is 30.1 Å². The van der Waals surface area contributed by atoms with Crippen molar-refractivity contribution in [2.45, 2.75) is 6.42 Å². The molecule has 3 rings (SSSR count). The van der Waals surface area contributed by atoms with E-state index in [9.17, 15) is 14.4 Å². The highest BCUT2D eigenvalue weighted by Crippen LogP contribution is 2.34. The van der Waals surface area contributed by atoms with Gasteiger partial charge in [0.25, 0.3) is 11.8 Å². The van der Waals surface area contributed by atoms with Crippen LogP contribution >= 0.6 is 47.2 Å². The van der Waals surface area contributed by atoms with Gasteiger partial charge in [-0.15, -0.1) is 0 Å². The van der Waals surface area contributed by atoms with Crippen LogP contribution in [0.2, 0.25) is 10.0 Å². The van der Waals surface area contributed by atoms with Gasteiger partial charge in [-0.2, -0.15) is 0 Å². The van der Waals surface area contributed by atoms with Crippen LogP contribution in [-0.4, -0.2) is 40.6 Å². The summed E-state index contributed by atoms with van der Waals surface area (Å²) in [7, 11) is 1.55. The van der Waals surface area contributed by atoms with Crippen molar-refractivity contribution in [2.24, 2.45) is 0 Å². The van der Waals surface area contributed by atoms with Gasteiger partial charge in [0.2, 0.25) is 5.91 Å². The number of halogens is 2. The molecule has 2 N–H and O–H groups in total. The van der Waals surface area contributed by atoms with E-state index < -0.39 is 11.8 Å². The number of hydrogen-bond donors (Lipinski definition) is 2. The average molecular weight is 510 g/mol. The van der Waals surface area contributed by atoms with Crippen molar-refractivity contribution in [3.05, 3.63) is 68.5 Å². The first-order chi connectivity index (χ1) is 15.3. The molecule has 7 nitrogen and oxygen atoms in total. The minimum Gasteiger partial charge on any atom is -0.496 e. The van der Waals surface area contributed by atoms with Crippen molar-refractivity contribution >= 4 is 75.3 Å². The molecule has 0 atom stereocenters. The van der Waals surface area contributed by atoms with E-state index in [0.717, 1.165) is 17.3 Å². The number of benzene rings is 2. The number of nitrogens with zero attached hydrogens (tertiary/aromatic N) is 1. The highest BCUT2D eigenvalue weighted by Gasteiger charge is 2.32. The summed E-state index contributed by atoms with van der Waals surface area (Å²) >= 11 is 18.2. The number of carbonyl (C=O) groups is 3. The minimum atomic E-state index is -0.592. The van der Waals surface area contributed by atoms with Gasteiger partial charge in [-0.25, -0.2) is 0 Å². The summed E-state index contributed by atoms with van der Waals surface area (Å²) in [5.74, 6) is -0.749. The van der Waals surface area contributed by atoms with Crippen molar-refractivity contribution < 1.29 is 19.1 Å². The summed E-state index contributed by atoms with van der Waals surface area (Å²) in [5.41, 5.74) is 5.48. The van der Waals surface area contributed by atoms with E-state index >= 15 is 0 Å². The molecule has 1 heterocycles. The smallest absolute Gasteiger partial charge is 0.271 e. The number of nitrogens with one attached hydrogen (secondary N) is 2. The number of thiocarbonyl (C=S) groups is 1. The predicted molar refractivity (Wildman–Crippen MR) is 130 cm³/mol. The molecular weight excluding hydrogens is 493 g/mol. The van der Waals surface area contributed by atoms with Crippen molar-refractivity contribution in [3.8, 4) is 5.75 Å². The molecule has 166 valence electrons. The molecule has 0 saturated carbocycles. The number of amides is 3. The van der Waals surface area contributed by atoms with Crippen LogP contribution < -0.4 is 15.6 Å². The van der Waals surface area contributed by atoms with E-state index in [1.165, 1.54) is 23.1 Å². The average Bonchev–Trinajstić information content (AvgIpc) is 3.03. The molecule has 0 radical (unpaired) electrons. The first-order valence-corrected chi connectivity index (χ1v) is 11.2. The van der Waals surface area contributed by atoms with Gasteiger partial charge in [-0.1, -0.05) is 65.4 Å². The second-order valence-corrected chi connectivity index (χ2v) is 8.97. The van der Waals surface area contributed by atoms with E-state index in [2.05, 4.69) is 10.9 Å². The predicted octanol–water partition coefficient (Wildman–Crippen LogP) is 4.05. The van der Waals surface area contributed by atoms with Gasteiger partial charge in [-0.05, 0) is 30.3 Å². The maximum atomic E-state index is 12.7. The summed E-state index contributed by atoms with van der Waals surface area (Å²) < 4.78 is 5.65. The highest BCUT2D eigenvalue weighted by atomic mass is 35.5. The molecule has 0 bridgehead atoms. The van der Waals surface area contributed by atoms with E-state index in [1.807, 2.05) is 18.2 Å². The molecule has 0 unspecified atom stereocenters. The molecule has 0 aromatic heterocycles. The number of rotatable bonds is 6. The van der Waals surface area contributed by atoms with Gasteiger partial charge >= 0.3 is 0 Å². The third-order valence-electron chi connectivity index (χ3n) is 4.35. The fraction of sp³-hybridized carbons (Fsp3) is 0.143. The van der Waals surface area contributed by atoms with Crippen LogP contribution in [0.3, 0.4) is 0 Å². The Morgan fingerprint density at radius 3 is 2.66 bits per heavy atom. The first kappa shape index (κ1) is 24.1. The summed E-state index contributed by atoms with van der Waals surface area (Å²) in [6.45, 7) is 0.0668. The van der Waals surface area contributed by atoms with Crippen molar-refractivity contribution in [2.75, 3.05) is 13.7 Å². The van der Waals surface area contributed by atoms with Crippen LogP contribution in [0.25, 0.3) is 6.08 Å². The zero-order valence-electron chi connectivity index (χ0n) is 16.7. The summed E-state index contributed by atoms with van der Waals surface area (Å²) in [6.07, 6.45) is 1.64. The molecule has 0 aliphatic carbocycles. The number of carbonyl (C=O) groups excluding carboxylic acids is 3. The molecule has 3 amide bonds. The Bertz CT molecular complexity index is 1120. The van der Waals surface area contributed by atoms with E-state index in [0.29, 0.717) is 20.0 Å². The minimum absolute atomic E-state index is 0.0665. The Morgan fingerprint density at radius 2 is 1.94 bits per heavy atom. The summed E-state index contributed by atoms with van der Waals surface area (Å²) in [4.78, 5) is 38.8. The molecule has 1 aliphatic rings. The van der Waals surface area contributed by atoms with Crippen LogP contribution in [0, 0.1) is 0 Å². The molecule has 0 spiro atoms. The lowest BCUT2D eigenvalue weighted by Crippen LogP contribution is -2.43. The number of ether oxygens (including phenoxy) is 1. The quantitative estimate of drug-likeness (QED) is 0.347. The number of hydrogen-bond acceptors (Lipinski definition) is 6. The number of methoxy groups -OCH3 is 1. The zero-order valence-corrected chi connectivity index (χ0v) is 19.8. The Kier molecular flexibility index (Phi) is 8.14. The van der Waals surface area contributed by atoms with E-state index in [-0.39, 0.29) is 29.5 Å². The second-order valence-electron chi connectivity index (χ2n) is 6.45. The molecular formula is C21H17Cl2N3O4S2. The van der Waals surface area contributed by atoms with E-state index in [1.54, 1.807) is 19.3 Å². The van der Waals surface area contributed by atoms with Crippen molar-refractivity contribution in [1.29, 1.82) is 0 Å². The molecule has 1 saturated heterocycles. The van der Waals surface area contributed by atoms with Gasteiger partial charge in [0.05, 0.1) is 22.6 Å². The highest BCUT2D eigenvalue weighted by molar-refractivity contribution is 8.26. The monoisotopic (exact) mass is 509 g/mol. The maximum Gasteiger partial charge on any atom is 0.271 e. The topological polar surface area (TPSA) is 87.7 Å². The van der Waals surface area contributed by atoms with E-state index in [4.69, 9.17) is 40.2 Å². The summed E-state index contributed by atoms with van der Waals surface area (Å²) in [6, 6.07) is 11.7. The van der Waals surface area contributed by atoms with Crippen molar-refractivity contribution in [1.82, 2.24) is 15.8 Å². The van der Waals surface area contributed by atoms with Crippen LogP contribution in [0.15, 0.2) is 47.4 Å². The lowest BCUT2D eigenvalue weighted by Gasteiger charge is -2.14. The second kappa shape index (κ2) is 10.8. The Hall–Kier alpha value is -2.59. The lowest BCUT2D eigenvalue weighted by atomic mass is 10.2. The van der Waals surface area contributed by atoms with Gasteiger partial charge in [0, 0.05) is 23.6 Å². The van der Waals surface area contributed by atoms with Gasteiger partial charge in [0.15, 0.2) is 0 Å². The Morgan fingerprint density at radius 1 is 1.19 bits per heavy atom. The largest absolute Gasteiger partial charge is 0.496 e. The number of hydrazine groups is 1. The molecule has 1 aliphatic heterocycles. The Balaban J connectivity index is 1.55. The molecule has 11 heteroatoms. The van der Waals surface area contributed by atoms with Crippen LogP contribution in [0.4, 0.5) is 0 Å². The van der Waals surface area contributed by atoms with Gasteiger partial charge in [0.1, 0.15) is 10.1 Å².